The molecule has 1 aliphatic rings. The lowest BCUT2D eigenvalue weighted by Gasteiger charge is -2.28. The summed E-state index contributed by atoms with van der Waals surface area (Å²) in [5.74, 6) is -0.491. The van der Waals surface area contributed by atoms with E-state index in [4.69, 9.17) is 23.2 Å². The number of carbonyl (C=O) groups is 2. The number of hydrogen-bond donors (Lipinski definition) is 1. The van der Waals surface area contributed by atoms with Crippen molar-refractivity contribution < 1.29 is 9.59 Å². The zero-order chi connectivity index (χ0) is 21.1. The minimum atomic E-state index is -0.290. The van der Waals surface area contributed by atoms with Crippen LogP contribution in [0.2, 0.25) is 10.0 Å². The Balaban J connectivity index is 1.42. The molecule has 0 radical (unpaired) electrons. The van der Waals surface area contributed by atoms with E-state index in [1.165, 1.54) is 0 Å². The quantitative estimate of drug-likeness (QED) is 0.630. The first-order chi connectivity index (χ1) is 14.5. The topological polar surface area (TPSA) is 67.2 Å². The van der Waals surface area contributed by atoms with E-state index in [0.717, 1.165) is 12.0 Å². The largest absolute Gasteiger partial charge is 0.350 e. The molecule has 0 unspecified atom stereocenters. The van der Waals surface area contributed by atoms with Crippen molar-refractivity contribution in [2.75, 3.05) is 13.1 Å². The number of aromatic nitrogens is 2. The second kappa shape index (κ2) is 8.90. The fraction of sp³-hybridized carbons (Fsp3) is 0.227. The Hall–Kier alpha value is -2.83. The number of amides is 2. The highest BCUT2D eigenvalue weighted by molar-refractivity contribution is 6.36. The highest BCUT2D eigenvalue weighted by Crippen LogP contribution is 2.27. The van der Waals surface area contributed by atoms with E-state index in [2.05, 4.69) is 10.4 Å². The van der Waals surface area contributed by atoms with Crippen LogP contribution in [0, 0.1) is 0 Å². The van der Waals surface area contributed by atoms with Crippen LogP contribution in [-0.4, -0.2) is 39.6 Å². The lowest BCUT2D eigenvalue weighted by atomic mass is 10.1. The van der Waals surface area contributed by atoms with Gasteiger partial charge in [0.1, 0.15) is 5.69 Å². The van der Waals surface area contributed by atoms with Gasteiger partial charge in [0.05, 0.1) is 6.54 Å². The second-order valence-electron chi connectivity index (χ2n) is 7.06. The van der Waals surface area contributed by atoms with Gasteiger partial charge in [0.15, 0.2) is 5.69 Å². The zero-order valence-electron chi connectivity index (χ0n) is 16.1. The van der Waals surface area contributed by atoms with Crippen LogP contribution in [0.15, 0.2) is 54.6 Å². The van der Waals surface area contributed by atoms with Gasteiger partial charge in [-0.1, -0.05) is 59.6 Å². The van der Waals surface area contributed by atoms with Gasteiger partial charge in [-0.2, -0.15) is 5.10 Å². The average molecular weight is 443 g/mol. The zero-order valence-corrected chi connectivity index (χ0v) is 17.7. The van der Waals surface area contributed by atoms with Gasteiger partial charge < -0.3 is 10.2 Å². The first-order valence-corrected chi connectivity index (χ1v) is 10.4. The molecule has 0 aliphatic carbocycles. The van der Waals surface area contributed by atoms with Gasteiger partial charge in [-0.3, -0.25) is 14.3 Å². The van der Waals surface area contributed by atoms with Gasteiger partial charge in [0.25, 0.3) is 11.8 Å². The summed E-state index contributed by atoms with van der Waals surface area (Å²) < 4.78 is 1.58. The minimum absolute atomic E-state index is 0.201. The molecule has 0 saturated heterocycles. The molecule has 8 heteroatoms. The third-order valence-electron chi connectivity index (χ3n) is 5.05. The minimum Gasteiger partial charge on any atom is -0.350 e. The highest BCUT2D eigenvalue weighted by Gasteiger charge is 2.28. The average Bonchev–Trinajstić information content (AvgIpc) is 3.18. The Morgan fingerprint density at radius 1 is 1.03 bits per heavy atom. The first-order valence-electron chi connectivity index (χ1n) is 9.65. The van der Waals surface area contributed by atoms with Crippen LogP contribution in [-0.2, 0) is 19.5 Å². The van der Waals surface area contributed by atoms with Crippen molar-refractivity contribution in [3.05, 3.63) is 87.2 Å². The molecule has 2 amide bonds. The molecular weight excluding hydrogens is 423 g/mol. The maximum Gasteiger partial charge on any atom is 0.272 e. The number of nitrogens with zero attached hydrogens (tertiary/aromatic N) is 3. The second-order valence-corrected chi connectivity index (χ2v) is 7.87. The Labute approximate surface area is 184 Å². The summed E-state index contributed by atoms with van der Waals surface area (Å²) in [6.45, 7) is 1.77. The molecule has 1 aromatic heterocycles. The van der Waals surface area contributed by atoms with Crippen LogP contribution < -0.4 is 5.32 Å². The number of carbonyl (C=O) groups excluding carboxylic acids is 2. The maximum absolute atomic E-state index is 12.9. The molecular formula is C22H20Cl2N4O2. The molecule has 2 aromatic carbocycles. The van der Waals surface area contributed by atoms with E-state index < -0.39 is 0 Å². The molecule has 1 N–H and O–H groups in total. The van der Waals surface area contributed by atoms with Crippen molar-refractivity contribution in [3.8, 4) is 0 Å². The Kier molecular flexibility index (Phi) is 6.06. The molecule has 1 aliphatic heterocycles. The number of hydrogen-bond acceptors (Lipinski definition) is 3. The van der Waals surface area contributed by atoms with Gasteiger partial charge >= 0.3 is 0 Å². The lowest BCUT2D eigenvalue weighted by molar-refractivity contribution is 0.0683. The molecule has 4 rings (SSSR count). The molecule has 0 atom stereocenters. The summed E-state index contributed by atoms with van der Waals surface area (Å²) in [7, 11) is 0. The predicted molar refractivity (Wildman–Crippen MR) is 116 cm³/mol. The number of benzene rings is 2. The van der Waals surface area contributed by atoms with Gasteiger partial charge in [-0.05, 0) is 24.1 Å². The molecule has 0 spiro atoms. The number of halogens is 2. The monoisotopic (exact) mass is 442 g/mol. The summed E-state index contributed by atoms with van der Waals surface area (Å²) in [5, 5.41) is 8.21. The maximum atomic E-state index is 12.9. The Morgan fingerprint density at radius 3 is 2.50 bits per heavy atom. The standard InChI is InChI=1S/C22H20Cl2N4O2/c23-17-7-4-8-18(24)16(17)14-27-11-12-28-20(22(27)30)13-19(26-28)21(29)25-10-9-15-5-2-1-3-6-15/h1-8,13H,9-12,14H2,(H,25,29). The molecule has 2 heterocycles. The van der Waals surface area contributed by atoms with Gasteiger partial charge in [-0.15, -0.1) is 0 Å². The van der Waals surface area contributed by atoms with Crippen LogP contribution in [0.5, 0.6) is 0 Å². The summed E-state index contributed by atoms with van der Waals surface area (Å²) in [6.07, 6.45) is 0.728. The van der Waals surface area contributed by atoms with Crippen LogP contribution in [0.3, 0.4) is 0 Å². The summed E-state index contributed by atoms with van der Waals surface area (Å²) in [5.41, 5.74) is 2.48. The predicted octanol–water partition coefficient (Wildman–Crippen LogP) is 3.82. The van der Waals surface area contributed by atoms with Crippen LogP contribution in [0.25, 0.3) is 0 Å². The Morgan fingerprint density at radius 2 is 1.77 bits per heavy atom. The third kappa shape index (κ3) is 4.35. The van der Waals surface area contributed by atoms with Gasteiger partial charge in [-0.25, -0.2) is 0 Å². The fourth-order valence-corrected chi connectivity index (χ4v) is 3.95. The SMILES string of the molecule is O=C(NCCc1ccccc1)c1cc2n(n1)CCN(Cc1c(Cl)cccc1Cl)C2=O. The number of nitrogens with one attached hydrogen (secondary N) is 1. The molecule has 0 saturated carbocycles. The van der Waals surface area contributed by atoms with Crippen molar-refractivity contribution in [1.82, 2.24) is 20.0 Å². The normalized spacial score (nSPS) is 13.3. The van der Waals surface area contributed by atoms with Crippen molar-refractivity contribution in [2.24, 2.45) is 0 Å². The van der Waals surface area contributed by atoms with Crippen molar-refractivity contribution >= 4 is 35.0 Å². The fourth-order valence-electron chi connectivity index (χ4n) is 3.43. The molecule has 30 heavy (non-hydrogen) atoms. The summed E-state index contributed by atoms with van der Waals surface area (Å²) in [4.78, 5) is 27.1. The Bertz CT molecular complexity index is 1060. The van der Waals surface area contributed by atoms with Crippen molar-refractivity contribution in [2.45, 2.75) is 19.5 Å². The van der Waals surface area contributed by atoms with E-state index in [-0.39, 0.29) is 17.5 Å². The molecule has 0 fully saturated rings. The van der Waals surface area contributed by atoms with Crippen LogP contribution in [0.1, 0.15) is 32.1 Å². The van der Waals surface area contributed by atoms with Crippen molar-refractivity contribution in [1.29, 1.82) is 0 Å². The lowest BCUT2D eigenvalue weighted by Crippen LogP contribution is -2.39. The molecule has 154 valence electrons. The highest BCUT2D eigenvalue weighted by atomic mass is 35.5. The van der Waals surface area contributed by atoms with Crippen LogP contribution >= 0.6 is 23.2 Å². The van der Waals surface area contributed by atoms with E-state index in [1.807, 2.05) is 30.3 Å². The van der Waals surface area contributed by atoms with E-state index >= 15 is 0 Å². The molecule has 0 bridgehead atoms. The van der Waals surface area contributed by atoms with Crippen molar-refractivity contribution in [3.63, 3.8) is 0 Å². The van der Waals surface area contributed by atoms with E-state index in [1.54, 1.807) is 33.8 Å². The van der Waals surface area contributed by atoms with E-state index in [0.29, 0.717) is 47.5 Å². The van der Waals surface area contributed by atoms with Gasteiger partial charge in [0.2, 0.25) is 0 Å². The first kappa shape index (κ1) is 20.4. The molecule has 3 aromatic rings. The third-order valence-corrected chi connectivity index (χ3v) is 5.76. The number of fused-ring (bicyclic) bond motifs is 1. The summed E-state index contributed by atoms with van der Waals surface area (Å²) in [6, 6.07) is 16.7. The van der Waals surface area contributed by atoms with E-state index in [9.17, 15) is 9.59 Å². The van der Waals surface area contributed by atoms with Crippen LogP contribution in [0.4, 0.5) is 0 Å². The smallest absolute Gasteiger partial charge is 0.272 e. The van der Waals surface area contributed by atoms with Gasteiger partial charge in [0, 0.05) is 41.3 Å². The number of rotatable bonds is 6. The molecule has 6 nitrogen and oxygen atoms in total. The summed E-state index contributed by atoms with van der Waals surface area (Å²) >= 11 is 12.5.